The molecule has 0 aromatic heterocycles. The molecule has 0 aliphatic rings. The maximum absolute atomic E-state index is 8.77. The maximum atomic E-state index is 8.77. The molecule has 1 atom stereocenters. The first-order chi connectivity index (χ1) is 4.79. The first-order valence-electron chi connectivity index (χ1n) is 3.15. The van der Waals surface area contributed by atoms with Crippen LogP contribution in [-0.4, -0.2) is 10.7 Å². The van der Waals surface area contributed by atoms with Gasteiger partial charge >= 0.3 is 0 Å². The van der Waals surface area contributed by atoms with Gasteiger partial charge in [0.15, 0.2) is 0 Å². The van der Waals surface area contributed by atoms with Gasteiger partial charge in [-0.2, -0.15) is 0 Å². The lowest BCUT2D eigenvalue weighted by molar-refractivity contribution is 0.257. The largest absolute Gasteiger partial charge is 0.377 e. The third kappa shape index (κ3) is 2.38. The zero-order valence-corrected chi connectivity index (χ0v) is 6.25. The highest BCUT2D eigenvalue weighted by Gasteiger charge is 1.97. The van der Waals surface area contributed by atoms with Crippen LogP contribution in [-0.2, 0) is 6.42 Å². The Balaban J connectivity index is 2.59. The van der Waals surface area contributed by atoms with Crippen LogP contribution in [0.15, 0.2) is 30.3 Å². The summed E-state index contributed by atoms with van der Waals surface area (Å²) in [5, 5.41) is 8.77. The normalized spacial score (nSPS) is 13.0. The first-order valence-corrected chi connectivity index (χ1v) is 3.59. The van der Waals surface area contributed by atoms with Gasteiger partial charge in [-0.05, 0) is 5.56 Å². The Bertz CT molecular complexity index is 184. The van der Waals surface area contributed by atoms with E-state index in [2.05, 4.69) is 0 Å². The van der Waals surface area contributed by atoms with E-state index in [4.69, 9.17) is 16.7 Å². The van der Waals surface area contributed by atoms with Crippen molar-refractivity contribution >= 4 is 11.6 Å². The molecule has 0 saturated heterocycles. The summed E-state index contributed by atoms with van der Waals surface area (Å²) in [6.07, 6.45) is 0.516. The van der Waals surface area contributed by atoms with E-state index >= 15 is 0 Å². The van der Waals surface area contributed by atoms with Crippen LogP contribution < -0.4 is 0 Å². The van der Waals surface area contributed by atoms with Crippen molar-refractivity contribution in [3.63, 3.8) is 0 Å². The minimum absolute atomic E-state index is 0.516. The van der Waals surface area contributed by atoms with Crippen LogP contribution in [0.1, 0.15) is 5.56 Å². The Morgan fingerprint density at radius 2 is 1.90 bits per heavy atom. The van der Waals surface area contributed by atoms with Crippen molar-refractivity contribution in [3.05, 3.63) is 35.9 Å². The third-order valence-electron chi connectivity index (χ3n) is 1.25. The average molecular weight is 157 g/mol. The van der Waals surface area contributed by atoms with Crippen molar-refractivity contribution in [1.29, 1.82) is 0 Å². The maximum Gasteiger partial charge on any atom is 0.132 e. The van der Waals surface area contributed by atoms with Crippen molar-refractivity contribution in [2.24, 2.45) is 0 Å². The molecule has 2 heteroatoms. The van der Waals surface area contributed by atoms with Crippen molar-refractivity contribution in [3.8, 4) is 0 Å². The zero-order chi connectivity index (χ0) is 7.40. The number of halogens is 1. The van der Waals surface area contributed by atoms with Crippen molar-refractivity contribution in [2.45, 2.75) is 12.0 Å². The van der Waals surface area contributed by atoms with Crippen LogP contribution in [0.2, 0.25) is 0 Å². The molecule has 10 heavy (non-hydrogen) atoms. The number of hydrogen-bond acceptors (Lipinski definition) is 1. The Kier molecular flexibility index (Phi) is 2.72. The molecule has 0 aliphatic carbocycles. The smallest absolute Gasteiger partial charge is 0.132 e. The standard InChI is InChI=1S/C8H9ClO/c9-8(10)6-7-4-2-1-3-5-7/h1-5,8,10H,6H2. The van der Waals surface area contributed by atoms with Crippen LogP contribution in [0.4, 0.5) is 0 Å². The van der Waals surface area contributed by atoms with Crippen molar-refractivity contribution in [2.75, 3.05) is 0 Å². The highest BCUT2D eigenvalue weighted by Crippen LogP contribution is 2.04. The highest BCUT2D eigenvalue weighted by atomic mass is 35.5. The molecule has 0 aliphatic heterocycles. The van der Waals surface area contributed by atoms with Gasteiger partial charge in [-0.1, -0.05) is 41.9 Å². The van der Waals surface area contributed by atoms with E-state index in [0.29, 0.717) is 6.42 Å². The van der Waals surface area contributed by atoms with Crippen LogP contribution >= 0.6 is 11.6 Å². The quantitative estimate of drug-likeness (QED) is 0.648. The molecule has 0 bridgehead atoms. The molecule has 1 aromatic carbocycles. The van der Waals surface area contributed by atoms with Crippen molar-refractivity contribution < 1.29 is 5.11 Å². The number of hydrogen-bond donors (Lipinski definition) is 1. The Morgan fingerprint density at radius 1 is 1.30 bits per heavy atom. The molecule has 0 amide bonds. The lowest BCUT2D eigenvalue weighted by atomic mass is 10.2. The number of benzene rings is 1. The van der Waals surface area contributed by atoms with Crippen LogP contribution in [0.25, 0.3) is 0 Å². The molecule has 1 aromatic rings. The predicted molar refractivity (Wildman–Crippen MR) is 42.0 cm³/mol. The summed E-state index contributed by atoms with van der Waals surface area (Å²) >= 11 is 5.37. The minimum Gasteiger partial charge on any atom is -0.377 e. The van der Waals surface area contributed by atoms with E-state index < -0.39 is 5.56 Å². The number of aliphatic hydroxyl groups excluding tert-OH is 1. The molecule has 1 N–H and O–H groups in total. The Hall–Kier alpha value is -0.530. The third-order valence-corrected chi connectivity index (χ3v) is 1.40. The van der Waals surface area contributed by atoms with E-state index in [0.717, 1.165) is 5.56 Å². The summed E-state index contributed by atoms with van der Waals surface area (Å²) in [6.45, 7) is 0. The predicted octanol–water partition coefficient (Wildman–Crippen LogP) is 1.79. The second-order valence-electron chi connectivity index (χ2n) is 2.12. The number of alkyl halides is 1. The molecular weight excluding hydrogens is 148 g/mol. The first kappa shape index (κ1) is 7.58. The van der Waals surface area contributed by atoms with E-state index in [1.54, 1.807) is 0 Å². The van der Waals surface area contributed by atoms with E-state index in [1.165, 1.54) is 0 Å². The monoisotopic (exact) mass is 156 g/mol. The molecule has 1 rings (SSSR count). The molecule has 0 saturated carbocycles. The molecule has 0 fully saturated rings. The Labute approximate surface area is 65.3 Å². The molecule has 1 unspecified atom stereocenters. The van der Waals surface area contributed by atoms with E-state index in [9.17, 15) is 0 Å². The van der Waals surface area contributed by atoms with E-state index in [1.807, 2.05) is 30.3 Å². The van der Waals surface area contributed by atoms with Gasteiger partial charge in [0.25, 0.3) is 0 Å². The van der Waals surface area contributed by atoms with Crippen LogP contribution in [0, 0.1) is 0 Å². The van der Waals surface area contributed by atoms with E-state index in [-0.39, 0.29) is 0 Å². The van der Waals surface area contributed by atoms with Gasteiger partial charge in [-0.25, -0.2) is 0 Å². The van der Waals surface area contributed by atoms with Gasteiger partial charge in [-0.3, -0.25) is 0 Å². The van der Waals surface area contributed by atoms with Gasteiger partial charge in [0.05, 0.1) is 0 Å². The summed E-state index contributed by atoms with van der Waals surface area (Å²) in [7, 11) is 0. The molecule has 0 heterocycles. The fourth-order valence-corrected chi connectivity index (χ4v) is 0.987. The van der Waals surface area contributed by atoms with Gasteiger partial charge in [0.2, 0.25) is 0 Å². The summed E-state index contributed by atoms with van der Waals surface area (Å²) in [4.78, 5) is 0. The second kappa shape index (κ2) is 3.59. The molecular formula is C8H9ClO. The second-order valence-corrected chi connectivity index (χ2v) is 2.63. The SMILES string of the molecule is OC(Cl)Cc1ccccc1. The molecule has 0 spiro atoms. The average Bonchev–Trinajstić information content (AvgIpc) is 1.88. The zero-order valence-electron chi connectivity index (χ0n) is 5.50. The Morgan fingerprint density at radius 3 is 2.40 bits per heavy atom. The summed E-state index contributed by atoms with van der Waals surface area (Å²) in [6, 6.07) is 9.66. The lowest BCUT2D eigenvalue weighted by Gasteiger charge is -2.00. The van der Waals surface area contributed by atoms with Gasteiger partial charge in [0.1, 0.15) is 5.56 Å². The molecule has 1 nitrogen and oxygen atoms in total. The minimum atomic E-state index is -0.762. The van der Waals surface area contributed by atoms with Gasteiger partial charge < -0.3 is 5.11 Å². The summed E-state index contributed by atoms with van der Waals surface area (Å²) in [5.74, 6) is 0. The number of rotatable bonds is 2. The summed E-state index contributed by atoms with van der Waals surface area (Å²) < 4.78 is 0. The lowest BCUT2D eigenvalue weighted by Crippen LogP contribution is -1.99. The van der Waals surface area contributed by atoms with Crippen LogP contribution in [0.3, 0.4) is 0 Å². The van der Waals surface area contributed by atoms with Gasteiger partial charge in [-0.15, -0.1) is 0 Å². The topological polar surface area (TPSA) is 20.2 Å². The fourth-order valence-electron chi connectivity index (χ4n) is 0.809. The van der Waals surface area contributed by atoms with Crippen molar-refractivity contribution in [1.82, 2.24) is 0 Å². The summed E-state index contributed by atoms with van der Waals surface area (Å²) in [5.41, 5.74) is 0.299. The van der Waals surface area contributed by atoms with Gasteiger partial charge in [0, 0.05) is 6.42 Å². The van der Waals surface area contributed by atoms with Crippen LogP contribution in [0.5, 0.6) is 0 Å². The number of aliphatic hydroxyl groups is 1. The highest BCUT2D eigenvalue weighted by molar-refractivity contribution is 6.19. The fraction of sp³-hybridized carbons (Fsp3) is 0.250. The molecule has 54 valence electrons. The molecule has 0 radical (unpaired) electrons.